The summed E-state index contributed by atoms with van der Waals surface area (Å²) in [7, 11) is 0. The van der Waals surface area contributed by atoms with Gasteiger partial charge < -0.3 is 9.29 Å². The molecule has 1 aliphatic carbocycles. The second-order valence-corrected chi connectivity index (χ2v) is 7.36. The summed E-state index contributed by atoms with van der Waals surface area (Å²) in [6.07, 6.45) is 4.67. The molecule has 0 aliphatic heterocycles. The largest absolute Gasteiger partial charge is 0.598 e. The van der Waals surface area contributed by atoms with Crippen molar-refractivity contribution >= 4 is 11.4 Å². The molecule has 0 bridgehead atoms. The Morgan fingerprint density at radius 3 is 2.86 bits per heavy atom. The molecule has 0 amide bonds. The molecule has 1 fully saturated rings. The van der Waals surface area contributed by atoms with Crippen molar-refractivity contribution < 1.29 is 9.29 Å². The Kier molecular flexibility index (Phi) is 6.40. The standard InChI is InChI=1S/C17H27NO2S/c1-4-5-10-21(19)18-14(3)16-9-6-13(2)17(11-16)20-12-15-7-8-15/h6,9,11,14-15,18H,4-5,7-8,10,12H2,1-3H3/t14-,21?/m0/s1. The van der Waals surface area contributed by atoms with Gasteiger partial charge in [0, 0.05) is 11.4 Å². The minimum atomic E-state index is -0.954. The number of ether oxygens (including phenoxy) is 1. The van der Waals surface area contributed by atoms with Crippen molar-refractivity contribution in [2.45, 2.75) is 52.5 Å². The molecule has 1 N–H and O–H groups in total. The lowest BCUT2D eigenvalue weighted by Gasteiger charge is -2.18. The summed E-state index contributed by atoms with van der Waals surface area (Å²) < 4.78 is 21.0. The van der Waals surface area contributed by atoms with Gasteiger partial charge in [0.15, 0.2) is 0 Å². The summed E-state index contributed by atoms with van der Waals surface area (Å²) in [4.78, 5) is 0. The van der Waals surface area contributed by atoms with Crippen LogP contribution in [0, 0.1) is 12.8 Å². The topological polar surface area (TPSA) is 44.3 Å². The highest BCUT2D eigenvalue weighted by atomic mass is 32.2. The highest BCUT2D eigenvalue weighted by Crippen LogP contribution is 2.31. The first-order valence-corrected chi connectivity index (χ1v) is 9.30. The molecule has 1 aliphatic rings. The maximum absolute atomic E-state index is 11.9. The van der Waals surface area contributed by atoms with Crippen LogP contribution in [0.5, 0.6) is 5.75 Å². The van der Waals surface area contributed by atoms with Crippen molar-refractivity contribution in [3.8, 4) is 5.75 Å². The highest BCUT2D eigenvalue weighted by Gasteiger charge is 2.22. The summed E-state index contributed by atoms with van der Waals surface area (Å²) in [5.74, 6) is 2.44. The van der Waals surface area contributed by atoms with E-state index < -0.39 is 11.4 Å². The quantitative estimate of drug-likeness (QED) is 0.704. The van der Waals surface area contributed by atoms with Gasteiger partial charge in [0.2, 0.25) is 0 Å². The highest BCUT2D eigenvalue weighted by molar-refractivity contribution is 7.89. The Morgan fingerprint density at radius 2 is 2.19 bits per heavy atom. The van der Waals surface area contributed by atoms with Crippen LogP contribution in [-0.4, -0.2) is 16.9 Å². The molecule has 1 saturated carbocycles. The fourth-order valence-corrected chi connectivity index (χ4v) is 3.33. The molecule has 0 saturated heterocycles. The molecule has 21 heavy (non-hydrogen) atoms. The number of benzene rings is 1. The van der Waals surface area contributed by atoms with E-state index in [4.69, 9.17) is 4.74 Å². The van der Waals surface area contributed by atoms with Gasteiger partial charge in [-0.1, -0.05) is 25.5 Å². The van der Waals surface area contributed by atoms with Gasteiger partial charge in [0.1, 0.15) is 11.5 Å². The van der Waals surface area contributed by atoms with Crippen molar-refractivity contribution in [2.75, 3.05) is 12.4 Å². The van der Waals surface area contributed by atoms with E-state index in [2.05, 4.69) is 43.7 Å². The van der Waals surface area contributed by atoms with Gasteiger partial charge in [0.25, 0.3) is 0 Å². The predicted octanol–water partition coefficient (Wildman–Crippen LogP) is 3.90. The molecule has 2 rings (SSSR count). The lowest BCUT2D eigenvalue weighted by Crippen LogP contribution is -2.29. The molecule has 118 valence electrons. The molecule has 1 aromatic carbocycles. The van der Waals surface area contributed by atoms with Crippen molar-refractivity contribution in [3.63, 3.8) is 0 Å². The van der Waals surface area contributed by atoms with E-state index in [1.54, 1.807) is 0 Å². The van der Waals surface area contributed by atoms with E-state index in [0.717, 1.165) is 42.4 Å². The predicted molar refractivity (Wildman–Crippen MR) is 88.9 cm³/mol. The van der Waals surface area contributed by atoms with Crippen molar-refractivity contribution in [2.24, 2.45) is 5.92 Å². The number of hydrogen-bond acceptors (Lipinski definition) is 3. The summed E-state index contributed by atoms with van der Waals surface area (Å²) in [5, 5.41) is 0. The maximum atomic E-state index is 11.9. The molecule has 0 aromatic heterocycles. The summed E-state index contributed by atoms with van der Waals surface area (Å²) in [6.45, 7) is 7.07. The third kappa shape index (κ3) is 5.53. The SMILES string of the molecule is CCCC[S+]([O-])N[C@@H](C)c1ccc(C)c(OCC2CC2)c1. The number of nitrogens with one attached hydrogen (secondary N) is 1. The van der Waals surface area contributed by atoms with Crippen LogP contribution in [0.15, 0.2) is 18.2 Å². The second-order valence-electron chi connectivity index (χ2n) is 6.02. The van der Waals surface area contributed by atoms with Crippen molar-refractivity contribution in [1.29, 1.82) is 0 Å². The third-order valence-corrected chi connectivity index (χ3v) is 5.15. The Labute approximate surface area is 131 Å². The van der Waals surface area contributed by atoms with Crippen LogP contribution in [0.1, 0.15) is 56.7 Å². The van der Waals surface area contributed by atoms with Gasteiger partial charge in [-0.3, -0.25) is 0 Å². The Hall–Kier alpha value is -0.710. The fourth-order valence-electron chi connectivity index (χ4n) is 2.13. The molecule has 3 nitrogen and oxygen atoms in total. The van der Waals surface area contributed by atoms with Crippen LogP contribution in [0.4, 0.5) is 0 Å². The molecule has 0 radical (unpaired) electrons. The van der Waals surface area contributed by atoms with E-state index in [-0.39, 0.29) is 6.04 Å². The Balaban J connectivity index is 1.92. The van der Waals surface area contributed by atoms with Crippen LogP contribution in [-0.2, 0) is 11.4 Å². The van der Waals surface area contributed by atoms with Crippen LogP contribution >= 0.6 is 0 Å². The van der Waals surface area contributed by atoms with E-state index >= 15 is 0 Å². The van der Waals surface area contributed by atoms with Crippen LogP contribution in [0.3, 0.4) is 0 Å². The molecule has 1 aromatic rings. The zero-order chi connectivity index (χ0) is 15.2. The fraction of sp³-hybridized carbons (Fsp3) is 0.647. The van der Waals surface area contributed by atoms with Crippen LogP contribution in [0.25, 0.3) is 0 Å². The average molecular weight is 309 g/mol. The van der Waals surface area contributed by atoms with E-state index in [1.807, 2.05) is 0 Å². The minimum Gasteiger partial charge on any atom is -0.598 e. The molecule has 4 heteroatoms. The molecular formula is C17H27NO2S. The average Bonchev–Trinajstić information content (AvgIpc) is 3.28. The van der Waals surface area contributed by atoms with Gasteiger partial charge in [0.05, 0.1) is 12.6 Å². The van der Waals surface area contributed by atoms with Gasteiger partial charge in [-0.15, -0.1) is 4.72 Å². The zero-order valence-corrected chi connectivity index (χ0v) is 14.2. The minimum absolute atomic E-state index is 0.0755. The second kappa shape index (κ2) is 8.06. The number of unbranched alkanes of at least 4 members (excludes halogenated alkanes) is 1. The molecule has 0 spiro atoms. The summed E-state index contributed by atoms with van der Waals surface area (Å²) >= 11 is -0.954. The zero-order valence-electron chi connectivity index (χ0n) is 13.4. The van der Waals surface area contributed by atoms with Gasteiger partial charge in [-0.25, -0.2) is 0 Å². The van der Waals surface area contributed by atoms with Gasteiger partial charge >= 0.3 is 0 Å². The summed E-state index contributed by atoms with van der Waals surface area (Å²) in [5.41, 5.74) is 2.30. The number of hydrogen-bond donors (Lipinski definition) is 1. The van der Waals surface area contributed by atoms with Crippen molar-refractivity contribution in [3.05, 3.63) is 29.3 Å². The summed E-state index contributed by atoms with van der Waals surface area (Å²) in [6, 6.07) is 6.34. The normalized spacial score (nSPS) is 17.5. The number of aryl methyl sites for hydroxylation is 1. The lowest BCUT2D eigenvalue weighted by molar-refractivity contribution is 0.297. The molecule has 0 heterocycles. The number of rotatable bonds is 9. The monoisotopic (exact) mass is 309 g/mol. The van der Waals surface area contributed by atoms with Gasteiger partial charge in [-0.05, 0) is 56.2 Å². The van der Waals surface area contributed by atoms with Crippen molar-refractivity contribution in [1.82, 2.24) is 4.72 Å². The van der Waals surface area contributed by atoms with E-state index in [9.17, 15) is 4.55 Å². The Morgan fingerprint density at radius 1 is 1.43 bits per heavy atom. The Bertz CT molecular complexity index is 448. The van der Waals surface area contributed by atoms with E-state index in [0.29, 0.717) is 0 Å². The third-order valence-electron chi connectivity index (χ3n) is 3.88. The lowest BCUT2D eigenvalue weighted by atomic mass is 10.1. The van der Waals surface area contributed by atoms with Gasteiger partial charge in [-0.2, -0.15) is 0 Å². The van der Waals surface area contributed by atoms with Crippen LogP contribution in [0.2, 0.25) is 0 Å². The smallest absolute Gasteiger partial charge is 0.125 e. The first kappa shape index (κ1) is 16.7. The molecular weight excluding hydrogens is 282 g/mol. The first-order valence-electron chi connectivity index (χ1n) is 7.98. The first-order chi connectivity index (χ1) is 10.1. The van der Waals surface area contributed by atoms with E-state index in [1.165, 1.54) is 18.4 Å². The molecule has 2 atom stereocenters. The molecule has 1 unspecified atom stereocenters. The maximum Gasteiger partial charge on any atom is 0.125 e. The van der Waals surface area contributed by atoms with Crippen LogP contribution < -0.4 is 9.46 Å².